The highest BCUT2D eigenvalue weighted by atomic mass is 16.3. The number of rotatable bonds is 4. The smallest absolute Gasteiger partial charge is 0.258 e. The van der Waals surface area contributed by atoms with Gasteiger partial charge >= 0.3 is 0 Å². The standard InChI is InChI=1S/C17H19N3O2/c1-11-8-9-13(22-11)10-20(3)12(2)16-18-15-7-5-4-6-14(15)17(21)19-16/h4-9,12H,10H2,1-3H3,(H,18,19,21)/t12-/m0/s1. The van der Waals surface area contributed by atoms with Crippen molar-refractivity contribution in [3.63, 3.8) is 0 Å². The largest absolute Gasteiger partial charge is 0.465 e. The molecule has 1 atom stereocenters. The molecule has 2 aromatic heterocycles. The summed E-state index contributed by atoms with van der Waals surface area (Å²) in [4.78, 5) is 21.7. The van der Waals surface area contributed by atoms with Gasteiger partial charge in [-0.1, -0.05) is 12.1 Å². The van der Waals surface area contributed by atoms with Crippen molar-refractivity contribution in [2.75, 3.05) is 7.05 Å². The molecule has 0 fully saturated rings. The second kappa shape index (κ2) is 5.77. The average molecular weight is 297 g/mol. The van der Waals surface area contributed by atoms with E-state index < -0.39 is 0 Å². The molecule has 0 aliphatic rings. The predicted octanol–water partition coefficient (Wildman–Crippen LogP) is 3.02. The summed E-state index contributed by atoms with van der Waals surface area (Å²) in [6.45, 7) is 4.60. The summed E-state index contributed by atoms with van der Waals surface area (Å²) in [5.41, 5.74) is 0.616. The zero-order chi connectivity index (χ0) is 15.7. The van der Waals surface area contributed by atoms with E-state index in [2.05, 4.69) is 14.9 Å². The van der Waals surface area contributed by atoms with Crippen molar-refractivity contribution in [1.29, 1.82) is 0 Å². The van der Waals surface area contributed by atoms with E-state index in [4.69, 9.17) is 4.42 Å². The normalized spacial score (nSPS) is 12.9. The van der Waals surface area contributed by atoms with E-state index in [0.717, 1.165) is 17.0 Å². The van der Waals surface area contributed by atoms with Gasteiger partial charge in [-0.25, -0.2) is 4.98 Å². The molecule has 3 rings (SSSR count). The molecule has 0 aliphatic heterocycles. The molecule has 22 heavy (non-hydrogen) atoms. The molecule has 0 bridgehead atoms. The van der Waals surface area contributed by atoms with Gasteiger partial charge in [-0.2, -0.15) is 0 Å². The van der Waals surface area contributed by atoms with E-state index in [1.54, 1.807) is 6.07 Å². The highest BCUT2D eigenvalue weighted by Gasteiger charge is 2.16. The number of nitrogens with one attached hydrogen (secondary N) is 1. The zero-order valence-corrected chi connectivity index (χ0v) is 13.0. The van der Waals surface area contributed by atoms with Crippen LogP contribution in [0.2, 0.25) is 0 Å². The van der Waals surface area contributed by atoms with E-state index >= 15 is 0 Å². The number of hydrogen-bond donors (Lipinski definition) is 1. The topological polar surface area (TPSA) is 62.1 Å². The Bertz CT molecular complexity index is 850. The van der Waals surface area contributed by atoms with Crippen molar-refractivity contribution < 1.29 is 4.42 Å². The number of para-hydroxylation sites is 1. The fraction of sp³-hybridized carbons (Fsp3) is 0.294. The maximum atomic E-state index is 12.2. The Kier molecular flexibility index (Phi) is 3.81. The van der Waals surface area contributed by atoms with Crippen LogP contribution in [-0.2, 0) is 6.54 Å². The molecule has 114 valence electrons. The molecular weight excluding hydrogens is 278 g/mol. The van der Waals surface area contributed by atoms with Crippen molar-refractivity contribution in [3.8, 4) is 0 Å². The number of aromatic amines is 1. The third-order valence-electron chi connectivity index (χ3n) is 3.89. The van der Waals surface area contributed by atoms with Crippen molar-refractivity contribution in [1.82, 2.24) is 14.9 Å². The van der Waals surface area contributed by atoms with Gasteiger partial charge in [0.2, 0.25) is 0 Å². The molecule has 5 heteroatoms. The SMILES string of the molecule is Cc1ccc(CN(C)[C@@H](C)c2nc3ccccc3c(=O)[nH]2)o1. The Morgan fingerprint density at radius 1 is 1.27 bits per heavy atom. The highest BCUT2D eigenvalue weighted by Crippen LogP contribution is 2.19. The summed E-state index contributed by atoms with van der Waals surface area (Å²) < 4.78 is 5.60. The number of nitrogens with zero attached hydrogens (tertiary/aromatic N) is 2. The molecule has 1 N–H and O–H groups in total. The molecule has 3 aromatic rings. The van der Waals surface area contributed by atoms with Gasteiger partial charge in [0.05, 0.1) is 23.5 Å². The number of fused-ring (bicyclic) bond motifs is 1. The van der Waals surface area contributed by atoms with Gasteiger partial charge in [0.1, 0.15) is 17.3 Å². The zero-order valence-electron chi connectivity index (χ0n) is 13.0. The van der Waals surface area contributed by atoms with Crippen LogP contribution in [0.15, 0.2) is 45.6 Å². The van der Waals surface area contributed by atoms with Crippen molar-refractivity contribution in [2.24, 2.45) is 0 Å². The average Bonchev–Trinajstić information content (AvgIpc) is 2.91. The Morgan fingerprint density at radius 3 is 2.77 bits per heavy atom. The monoisotopic (exact) mass is 297 g/mol. The summed E-state index contributed by atoms with van der Waals surface area (Å²) in [6.07, 6.45) is 0. The first-order chi connectivity index (χ1) is 10.5. The van der Waals surface area contributed by atoms with Crippen LogP contribution in [0.3, 0.4) is 0 Å². The summed E-state index contributed by atoms with van der Waals surface area (Å²) in [5, 5.41) is 0.614. The van der Waals surface area contributed by atoms with Crippen LogP contribution in [0.4, 0.5) is 0 Å². The lowest BCUT2D eigenvalue weighted by Crippen LogP contribution is -2.25. The van der Waals surface area contributed by atoms with E-state index in [1.807, 2.05) is 51.2 Å². The van der Waals surface area contributed by atoms with Crippen molar-refractivity contribution >= 4 is 10.9 Å². The molecule has 1 aromatic carbocycles. The van der Waals surface area contributed by atoms with E-state index in [-0.39, 0.29) is 11.6 Å². The van der Waals surface area contributed by atoms with Gasteiger partial charge in [-0.05, 0) is 45.2 Å². The first kappa shape index (κ1) is 14.5. The summed E-state index contributed by atoms with van der Waals surface area (Å²) in [7, 11) is 1.98. The number of benzene rings is 1. The van der Waals surface area contributed by atoms with Gasteiger partial charge in [0.25, 0.3) is 5.56 Å². The lowest BCUT2D eigenvalue weighted by Gasteiger charge is -2.23. The first-order valence-corrected chi connectivity index (χ1v) is 7.29. The summed E-state index contributed by atoms with van der Waals surface area (Å²) in [6, 6.07) is 11.3. The molecule has 0 radical (unpaired) electrons. The minimum absolute atomic E-state index is 0.0253. The third-order valence-corrected chi connectivity index (χ3v) is 3.89. The van der Waals surface area contributed by atoms with Crippen LogP contribution in [0.5, 0.6) is 0 Å². The van der Waals surface area contributed by atoms with Gasteiger partial charge in [0.15, 0.2) is 0 Å². The lowest BCUT2D eigenvalue weighted by molar-refractivity contribution is 0.223. The Labute approximate surface area is 128 Å². The molecule has 0 unspecified atom stereocenters. The van der Waals surface area contributed by atoms with Crippen LogP contribution in [0.25, 0.3) is 10.9 Å². The Balaban J connectivity index is 1.88. The minimum atomic E-state index is -0.102. The second-order valence-corrected chi connectivity index (χ2v) is 5.57. The Hall–Kier alpha value is -2.40. The van der Waals surface area contributed by atoms with E-state index in [0.29, 0.717) is 17.8 Å². The van der Waals surface area contributed by atoms with Gasteiger partial charge in [-0.15, -0.1) is 0 Å². The van der Waals surface area contributed by atoms with Gasteiger partial charge < -0.3 is 9.40 Å². The molecule has 0 saturated heterocycles. The summed E-state index contributed by atoms with van der Waals surface area (Å²) in [5.74, 6) is 2.46. The number of aryl methyl sites for hydroxylation is 1. The quantitative estimate of drug-likeness (QED) is 0.804. The van der Waals surface area contributed by atoms with E-state index in [9.17, 15) is 4.79 Å². The van der Waals surface area contributed by atoms with Crippen LogP contribution in [-0.4, -0.2) is 21.9 Å². The predicted molar refractivity (Wildman–Crippen MR) is 85.7 cm³/mol. The van der Waals surface area contributed by atoms with Crippen molar-refractivity contribution in [2.45, 2.75) is 26.4 Å². The molecule has 0 aliphatic carbocycles. The van der Waals surface area contributed by atoms with Crippen LogP contribution >= 0.6 is 0 Å². The molecule has 5 nitrogen and oxygen atoms in total. The highest BCUT2D eigenvalue weighted by molar-refractivity contribution is 5.77. The molecule has 0 saturated carbocycles. The van der Waals surface area contributed by atoms with Crippen LogP contribution in [0, 0.1) is 6.92 Å². The Morgan fingerprint density at radius 2 is 2.05 bits per heavy atom. The van der Waals surface area contributed by atoms with E-state index in [1.165, 1.54) is 0 Å². The van der Waals surface area contributed by atoms with Crippen LogP contribution in [0.1, 0.15) is 30.3 Å². The van der Waals surface area contributed by atoms with Gasteiger partial charge in [-0.3, -0.25) is 9.69 Å². The maximum Gasteiger partial charge on any atom is 0.258 e. The van der Waals surface area contributed by atoms with Crippen LogP contribution < -0.4 is 5.56 Å². The second-order valence-electron chi connectivity index (χ2n) is 5.57. The first-order valence-electron chi connectivity index (χ1n) is 7.29. The number of hydrogen-bond acceptors (Lipinski definition) is 4. The number of furan rings is 1. The molecule has 0 spiro atoms. The summed E-state index contributed by atoms with van der Waals surface area (Å²) >= 11 is 0. The minimum Gasteiger partial charge on any atom is -0.465 e. The lowest BCUT2D eigenvalue weighted by atomic mass is 10.2. The maximum absolute atomic E-state index is 12.2. The molecular formula is C17H19N3O2. The fourth-order valence-electron chi connectivity index (χ4n) is 2.46. The van der Waals surface area contributed by atoms with Crippen molar-refractivity contribution in [3.05, 3.63) is 64.1 Å². The number of aromatic nitrogens is 2. The fourth-order valence-corrected chi connectivity index (χ4v) is 2.46. The molecule has 0 amide bonds. The number of H-pyrrole nitrogens is 1. The third kappa shape index (κ3) is 2.80. The van der Waals surface area contributed by atoms with Gasteiger partial charge in [0, 0.05) is 0 Å². The molecule has 2 heterocycles.